The van der Waals surface area contributed by atoms with Gasteiger partial charge in [-0.3, -0.25) is 4.98 Å². The molecule has 2 aromatic rings. The molecule has 0 fully saturated rings. The number of ether oxygens (including phenoxy) is 1. The summed E-state index contributed by atoms with van der Waals surface area (Å²) >= 11 is 0. The first-order valence-corrected chi connectivity index (χ1v) is 8.32. The number of hydrogen-bond donors (Lipinski definition) is 0. The zero-order valence-electron chi connectivity index (χ0n) is 12.1. The molecule has 2 rings (SSSR count). The minimum Gasteiger partial charge on any atom is -0.497 e. The zero-order valence-corrected chi connectivity index (χ0v) is 12.9. The Labute approximate surface area is 125 Å². The van der Waals surface area contributed by atoms with Crippen LogP contribution in [0.15, 0.2) is 48.7 Å². The van der Waals surface area contributed by atoms with E-state index in [1.165, 1.54) is 10.6 Å². The number of aromatic nitrogens is 1. The van der Waals surface area contributed by atoms with E-state index in [2.05, 4.69) is 4.98 Å². The minimum atomic E-state index is -3.31. The largest absolute Gasteiger partial charge is 0.497 e. The van der Waals surface area contributed by atoms with Gasteiger partial charge in [-0.25, -0.2) is 8.42 Å². The van der Waals surface area contributed by atoms with Crippen LogP contribution in [0.1, 0.15) is 11.3 Å². The molecule has 0 unspecified atom stereocenters. The molecule has 1 heterocycles. The summed E-state index contributed by atoms with van der Waals surface area (Å²) in [5.74, 6) is 0.745. The fraction of sp³-hybridized carbons (Fsp3) is 0.267. The monoisotopic (exact) mass is 306 g/mol. The number of pyridine rings is 1. The maximum atomic E-state index is 11.9. The molecule has 112 valence electrons. The molecule has 0 aliphatic heterocycles. The van der Waals surface area contributed by atoms with Gasteiger partial charge in [0.1, 0.15) is 5.75 Å². The van der Waals surface area contributed by atoms with E-state index in [-0.39, 0.29) is 6.54 Å². The first-order chi connectivity index (χ1) is 9.99. The van der Waals surface area contributed by atoms with Crippen LogP contribution in [-0.2, 0) is 23.1 Å². The minimum absolute atomic E-state index is 0.256. The Morgan fingerprint density at radius 2 is 1.81 bits per heavy atom. The van der Waals surface area contributed by atoms with E-state index in [4.69, 9.17) is 4.74 Å². The number of rotatable bonds is 6. The zero-order chi connectivity index (χ0) is 15.3. The molecule has 0 aliphatic carbocycles. The van der Waals surface area contributed by atoms with E-state index in [1.807, 2.05) is 36.4 Å². The summed E-state index contributed by atoms with van der Waals surface area (Å²) in [7, 11) is -1.72. The smallest absolute Gasteiger partial charge is 0.211 e. The third kappa shape index (κ3) is 4.54. The maximum absolute atomic E-state index is 11.9. The Bertz CT molecular complexity index is 670. The molecule has 0 radical (unpaired) electrons. The molecule has 5 nitrogen and oxygen atoms in total. The van der Waals surface area contributed by atoms with Crippen LogP contribution in [0.3, 0.4) is 0 Å². The molecule has 1 aromatic carbocycles. The highest BCUT2D eigenvalue weighted by molar-refractivity contribution is 7.88. The molecular formula is C15H18N2O3S. The lowest BCUT2D eigenvalue weighted by molar-refractivity contribution is 0.399. The van der Waals surface area contributed by atoms with Gasteiger partial charge in [0.2, 0.25) is 10.0 Å². The van der Waals surface area contributed by atoms with Crippen molar-refractivity contribution >= 4 is 10.0 Å². The first-order valence-electron chi connectivity index (χ1n) is 6.47. The molecule has 0 spiro atoms. The second-order valence-electron chi connectivity index (χ2n) is 4.70. The normalized spacial score (nSPS) is 11.6. The van der Waals surface area contributed by atoms with Gasteiger partial charge < -0.3 is 4.74 Å². The summed E-state index contributed by atoms with van der Waals surface area (Å²) in [4.78, 5) is 4.17. The Balaban J connectivity index is 2.17. The van der Waals surface area contributed by atoms with Gasteiger partial charge in [-0.15, -0.1) is 0 Å². The van der Waals surface area contributed by atoms with Crippen molar-refractivity contribution in [2.75, 3.05) is 13.4 Å². The Kier molecular flexibility index (Phi) is 4.93. The average molecular weight is 306 g/mol. The van der Waals surface area contributed by atoms with Crippen LogP contribution in [-0.4, -0.2) is 31.1 Å². The van der Waals surface area contributed by atoms with Gasteiger partial charge in [-0.2, -0.15) is 4.31 Å². The lowest BCUT2D eigenvalue weighted by Gasteiger charge is -2.19. The summed E-state index contributed by atoms with van der Waals surface area (Å²) in [6.07, 6.45) is 2.86. The lowest BCUT2D eigenvalue weighted by Crippen LogP contribution is -2.29. The van der Waals surface area contributed by atoms with Crippen molar-refractivity contribution < 1.29 is 13.2 Å². The van der Waals surface area contributed by atoms with Gasteiger partial charge in [-0.1, -0.05) is 18.2 Å². The molecular weight excluding hydrogens is 288 g/mol. The highest BCUT2D eigenvalue weighted by atomic mass is 32.2. The first kappa shape index (κ1) is 15.5. The highest BCUT2D eigenvalue weighted by Gasteiger charge is 2.18. The average Bonchev–Trinajstić information content (AvgIpc) is 2.47. The third-order valence-corrected chi connectivity index (χ3v) is 4.25. The molecule has 0 amide bonds. The molecule has 0 aliphatic rings. The van der Waals surface area contributed by atoms with Gasteiger partial charge >= 0.3 is 0 Å². The van der Waals surface area contributed by atoms with Crippen molar-refractivity contribution in [2.24, 2.45) is 0 Å². The quantitative estimate of drug-likeness (QED) is 0.819. The molecule has 0 saturated carbocycles. The predicted molar refractivity (Wildman–Crippen MR) is 81.3 cm³/mol. The molecule has 0 bridgehead atoms. The summed E-state index contributed by atoms with van der Waals surface area (Å²) in [6.45, 7) is 0.561. The maximum Gasteiger partial charge on any atom is 0.211 e. The number of hydrogen-bond acceptors (Lipinski definition) is 4. The summed E-state index contributed by atoms with van der Waals surface area (Å²) in [5.41, 5.74) is 1.62. The summed E-state index contributed by atoms with van der Waals surface area (Å²) < 4.78 is 30.4. The Morgan fingerprint density at radius 3 is 2.33 bits per heavy atom. The van der Waals surface area contributed by atoms with Gasteiger partial charge in [0, 0.05) is 12.7 Å². The highest BCUT2D eigenvalue weighted by Crippen LogP contribution is 2.16. The SMILES string of the molecule is COc1ccc(CN(Cc2ccccn2)S(C)(=O)=O)cc1. The fourth-order valence-electron chi connectivity index (χ4n) is 1.90. The van der Waals surface area contributed by atoms with Gasteiger partial charge in [0.05, 0.1) is 25.6 Å². The predicted octanol–water partition coefficient (Wildman–Crippen LogP) is 2.05. The van der Waals surface area contributed by atoms with Gasteiger partial charge in [-0.05, 0) is 29.8 Å². The van der Waals surface area contributed by atoms with Crippen molar-refractivity contribution in [1.82, 2.24) is 9.29 Å². The molecule has 1 aromatic heterocycles. The van der Waals surface area contributed by atoms with Crippen molar-refractivity contribution in [3.05, 3.63) is 59.9 Å². The topological polar surface area (TPSA) is 59.5 Å². The van der Waals surface area contributed by atoms with Crippen LogP contribution in [0.4, 0.5) is 0 Å². The van der Waals surface area contributed by atoms with Crippen molar-refractivity contribution in [3.8, 4) is 5.75 Å². The number of sulfonamides is 1. The molecule has 6 heteroatoms. The van der Waals surface area contributed by atoms with E-state index >= 15 is 0 Å². The van der Waals surface area contributed by atoms with Crippen molar-refractivity contribution in [1.29, 1.82) is 0 Å². The molecule has 0 N–H and O–H groups in total. The van der Waals surface area contributed by atoms with E-state index < -0.39 is 10.0 Å². The number of nitrogens with zero attached hydrogens (tertiary/aromatic N) is 2. The second-order valence-corrected chi connectivity index (χ2v) is 6.68. The lowest BCUT2D eigenvalue weighted by atomic mass is 10.2. The Hall–Kier alpha value is -1.92. The van der Waals surface area contributed by atoms with Crippen LogP contribution in [0.2, 0.25) is 0 Å². The van der Waals surface area contributed by atoms with E-state index in [1.54, 1.807) is 19.4 Å². The van der Waals surface area contributed by atoms with Gasteiger partial charge in [0.25, 0.3) is 0 Å². The molecule has 21 heavy (non-hydrogen) atoms. The van der Waals surface area contributed by atoms with E-state index in [9.17, 15) is 8.42 Å². The van der Waals surface area contributed by atoms with Gasteiger partial charge in [0.15, 0.2) is 0 Å². The van der Waals surface area contributed by atoms with E-state index in [0.29, 0.717) is 6.54 Å². The van der Waals surface area contributed by atoms with E-state index in [0.717, 1.165) is 17.0 Å². The molecule has 0 saturated heterocycles. The van der Waals surface area contributed by atoms with Crippen molar-refractivity contribution in [3.63, 3.8) is 0 Å². The molecule has 0 atom stereocenters. The van der Waals surface area contributed by atoms with Crippen LogP contribution in [0.5, 0.6) is 5.75 Å². The third-order valence-electron chi connectivity index (χ3n) is 3.05. The van der Waals surface area contributed by atoms with Crippen LogP contribution in [0, 0.1) is 0 Å². The standard InChI is InChI=1S/C15H18N2O3S/c1-20-15-8-6-13(7-9-15)11-17(21(2,18)19)12-14-5-3-4-10-16-14/h3-10H,11-12H2,1-2H3. The van der Waals surface area contributed by atoms with Crippen LogP contribution >= 0.6 is 0 Å². The number of benzene rings is 1. The van der Waals surface area contributed by atoms with Crippen LogP contribution in [0.25, 0.3) is 0 Å². The number of methoxy groups -OCH3 is 1. The Morgan fingerprint density at radius 1 is 1.10 bits per heavy atom. The summed E-state index contributed by atoms with van der Waals surface area (Å²) in [6, 6.07) is 12.8. The second kappa shape index (κ2) is 6.69. The van der Waals surface area contributed by atoms with Crippen molar-refractivity contribution in [2.45, 2.75) is 13.1 Å². The fourth-order valence-corrected chi connectivity index (χ4v) is 2.65. The van der Waals surface area contributed by atoms with Crippen LogP contribution < -0.4 is 4.74 Å². The summed E-state index contributed by atoms with van der Waals surface area (Å²) in [5, 5.41) is 0.